The molecule has 2 aromatic carbocycles. The largest absolute Gasteiger partial charge is 0.454 e. The molecule has 1 heterocycles. The first-order valence-electron chi connectivity index (χ1n) is 8.92. The van der Waals surface area contributed by atoms with E-state index in [0.717, 1.165) is 5.56 Å². The second kappa shape index (κ2) is 8.75. The van der Waals surface area contributed by atoms with Crippen molar-refractivity contribution in [3.05, 3.63) is 59.7 Å². The number of carbonyl (C=O) groups is 2. The number of hydrogen-bond acceptors (Lipinski definition) is 7. The predicted molar refractivity (Wildman–Crippen MR) is 108 cm³/mol. The molecule has 1 unspecified atom stereocenters. The molecule has 2 aromatic rings. The number of benzene rings is 2. The molecule has 0 aromatic heterocycles. The predicted octanol–water partition coefficient (Wildman–Crippen LogP) is 1.36. The Hall–Kier alpha value is -3.71. The van der Waals surface area contributed by atoms with E-state index in [-0.39, 0.29) is 17.2 Å². The molecule has 0 aliphatic carbocycles. The molecular formula is C20H18N4O5S. The van der Waals surface area contributed by atoms with Gasteiger partial charge in [0.1, 0.15) is 11.9 Å². The Morgan fingerprint density at radius 3 is 2.60 bits per heavy atom. The molecule has 1 aliphatic heterocycles. The number of amidine groups is 1. The summed E-state index contributed by atoms with van der Waals surface area (Å²) in [5.41, 5.74) is 1.69. The summed E-state index contributed by atoms with van der Waals surface area (Å²) in [5, 5.41) is 11.2. The number of nitriles is 1. The molecular weight excluding hydrogens is 408 g/mol. The minimum absolute atomic E-state index is 0.0527. The summed E-state index contributed by atoms with van der Waals surface area (Å²) in [4.78, 5) is 28.3. The molecule has 30 heavy (non-hydrogen) atoms. The zero-order valence-electron chi connectivity index (χ0n) is 16.0. The highest BCUT2D eigenvalue weighted by molar-refractivity contribution is 7.90. The Balaban J connectivity index is 1.57. The Kier molecular flexibility index (Phi) is 6.13. The van der Waals surface area contributed by atoms with Crippen LogP contribution in [0.5, 0.6) is 0 Å². The first-order valence-corrected chi connectivity index (χ1v) is 10.4. The van der Waals surface area contributed by atoms with Gasteiger partial charge in [0, 0.05) is 11.3 Å². The number of esters is 1. The van der Waals surface area contributed by atoms with Gasteiger partial charge in [-0.2, -0.15) is 5.26 Å². The molecule has 1 atom stereocenters. The lowest BCUT2D eigenvalue weighted by Crippen LogP contribution is -2.28. The Bertz CT molecular complexity index is 1150. The number of amides is 1. The molecule has 154 valence electrons. The number of sulfonamides is 1. The van der Waals surface area contributed by atoms with Gasteiger partial charge in [-0.05, 0) is 36.8 Å². The number of nitrogens with one attached hydrogen (secondary N) is 2. The first-order chi connectivity index (χ1) is 14.3. The quantitative estimate of drug-likeness (QED) is 0.669. The highest BCUT2D eigenvalue weighted by atomic mass is 32.2. The maximum Gasteiger partial charge on any atom is 0.331 e. The molecule has 3 rings (SSSR count). The Labute approximate surface area is 173 Å². The van der Waals surface area contributed by atoms with E-state index in [1.807, 2.05) is 6.07 Å². The summed E-state index contributed by atoms with van der Waals surface area (Å²) < 4.78 is 31.4. The maximum absolute atomic E-state index is 12.2. The lowest BCUT2D eigenvalue weighted by molar-refractivity contribution is -0.148. The number of aliphatic imine (C=N–C) groups is 1. The van der Waals surface area contributed by atoms with Crippen molar-refractivity contribution in [3.63, 3.8) is 0 Å². The lowest BCUT2D eigenvalue weighted by Gasteiger charge is -2.10. The number of anilines is 1. The van der Waals surface area contributed by atoms with Gasteiger partial charge >= 0.3 is 5.97 Å². The topological polar surface area (TPSA) is 138 Å². The number of carbonyl (C=O) groups excluding carboxylic acids is 2. The van der Waals surface area contributed by atoms with Crippen LogP contribution in [-0.2, 0) is 30.8 Å². The average Bonchev–Trinajstić information content (AvgIpc) is 2.98. The van der Waals surface area contributed by atoms with E-state index in [0.29, 0.717) is 11.3 Å². The summed E-state index contributed by atoms with van der Waals surface area (Å²) in [5.74, 6) is -1.26. The minimum atomic E-state index is -3.71. The molecule has 0 saturated carbocycles. The fourth-order valence-electron chi connectivity index (χ4n) is 2.73. The smallest absolute Gasteiger partial charge is 0.331 e. The van der Waals surface area contributed by atoms with Crippen LogP contribution in [0.2, 0.25) is 0 Å². The third kappa shape index (κ3) is 4.82. The van der Waals surface area contributed by atoms with Crippen molar-refractivity contribution in [1.29, 1.82) is 5.26 Å². The standard InChI is InChI=1S/C20H18N4O5S/c1-13(22-19-16-4-2-3-5-17(16)30(27,28)24-19)20(26)29-12-18(25)23-15-8-6-14(7-9-15)10-11-21/h2-9,13H,10,12H2,1H3,(H,22,24)(H,23,25). The number of nitrogens with zero attached hydrogens (tertiary/aromatic N) is 2. The van der Waals surface area contributed by atoms with Crippen LogP contribution in [0.4, 0.5) is 5.69 Å². The van der Waals surface area contributed by atoms with E-state index in [2.05, 4.69) is 15.0 Å². The van der Waals surface area contributed by atoms with Gasteiger partial charge in [-0.3, -0.25) is 14.5 Å². The maximum atomic E-state index is 12.2. The van der Waals surface area contributed by atoms with Crippen LogP contribution in [0.25, 0.3) is 0 Å². The molecule has 0 bridgehead atoms. The van der Waals surface area contributed by atoms with E-state index >= 15 is 0 Å². The van der Waals surface area contributed by atoms with Crippen LogP contribution in [-0.4, -0.2) is 38.8 Å². The van der Waals surface area contributed by atoms with E-state index in [1.54, 1.807) is 42.5 Å². The van der Waals surface area contributed by atoms with Crippen molar-refractivity contribution in [1.82, 2.24) is 4.72 Å². The van der Waals surface area contributed by atoms with Gasteiger partial charge in [-0.25, -0.2) is 13.2 Å². The van der Waals surface area contributed by atoms with Crippen LogP contribution in [0.1, 0.15) is 18.1 Å². The van der Waals surface area contributed by atoms with Gasteiger partial charge in [0.2, 0.25) is 0 Å². The van der Waals surface area contributed by atoms with Gasteiger partial charge in [0.15, 0.2) is 6.61 Å². The number of ether oxygens (including phenoxy) is 1. The second-order valence-electron chi connectivity index (χ2n) is 6.44. The normalized spacial score (nSPS) is 16.1. The third-order valence-electron chi connectivity index (χ3n) is 4.19. The van der Waals surface area contributed by atoms with E-state index < -0.39 is 34.5 Å². The van der Waals surface area contributed by atoms with Crippen LogP contribution in [0, 0.1) is 11.3 Å². The van der Waals surface area contributed by atoms with Crippen molar-refractivity contribution >= 4 is 33.4 Å². The average molecular weight is 426 g/mol. The molecule has 0 fully saturated rings. The fourth-order valence-corrected chi connectivity index (χ4v) is 3.97. The highest BCUT2D eigenvalue weighted by Gasteiger charge is 2.31. The second-order valence-corrected chi connectivity index (χ2v) is 8.09. The summed E-state index contributed by atoms with van der Waals surface area (Å²) in [6.45, 7) is 0.923. The van der Waals surface area contributed by atoms with Crippen molar-refractivity contribution in [2.45, 2.75) is 24.3 Å². The van der Waals surface area contributed by atoms with Gasteiger partial charge < -0.3 is 10.1 Å². The van der Waals surface area contributed by atoms with E-state index in [4.69, 9.17) is 10.00 Å². The number of fused-ring (bicyclic) bond motifs is 1. The van der Waals surface area contributed by atoms with Crippen molar-refractivity contribution < 1.29 is 22.7 Å². The van der Waals surface area contributed by atoms with Crippen LogP contribution < -0.4 is 10.0 Å². The highest BCUT2D eigenvalue weighted by Crippen LogP contribution is 2.22. The van der Waals surface area contributed by atoms with E-state index in [1.165, 1.54) is 13.0 Å². The molecule has 0 saturated heterocycles. The van der Waals surface area contributed by atoms with Crippen molar-refractivity contribution in [3.8, 4) is 6.07 Å². The fraction of sp³-hybridized carbons (Fsp3) is 0.200. The molecule has 1 amide bonds. The SMILES string of the molecule is CC(N=C1NS(=O)(=O)c2ccccc21)C(=O)OCC(=O)Nc1ccc(CC#N)cc1. The van der Waals surface area contributed by atoms with Crippen LogP contribution >= 0.6 is 0 Å². The Morgan fingerprint density at radius 1 is 1.20 bits per heavy atom. The molecule has 10 heteroatoms. The first kappa shape index (κ1) is 21.0. The number of rotatable bonds is 6. The van der Waals surface area contributed by atoms with Gasteiger partial charge in [-0.1, -0.05) is 24.3 Å². The van der Waals surface area contributed by atoms with Crippen molar-refractivity contribution in [2.24, 2.45) is 4.99 Å². The monoisotopic (exact) mass is 426 g/mol. The Morgan fingerprint density at radius 2 is 1.90 bits per heavy atom. The van der Waals surface area contributed by atoms with Gasteiger partial charge in [0.05, 0.1) is 17.4 Å². The van der Waals surface area contributed by atoms with Gasteiger partial charge in [-0.15, -0.1) is 0 Å². The molecule has 9 nitrogen and oxygen atoms in total. The van der Waals surface area contributed by atoms with Crippen LogP contribution in [0.15, 0.2) is 58.4 Å². The zero-order chi connectivity index (χ0) is 21.7. The van der Waals surface area contributed by atoms with Gasteiger partial charge in [0.25, 0.3) is 15.9 Å². The number of hydrogen-bond donors (Lipinski definition) is 2. The van der Waals surface area contributed by atoms with E-state index in [9.17, 15) is 18.0 Å². The van der Waals surface area contributed by atoms with Crippen molar-refractivity contribution in [2.75, 3.05) is 11.9 Å². The van der Waals surface area contributed by atoms with Crippen LogP contribution in [0.3, 0.4) is 0 Å². The lowest BCUT2D eigenvalue weighted by atomic mass is 10.1. The summed E-state index contributed by atoms with van der Waals surface area (Å²) in [7, 11) is -3.71. The molecule has 2 N–H and O–H groups in total. The summed E-state index contributed by atoms with van der Waals surface area (Å²) in [6.07, 6.45) is 0.271. The summed E-state index contributed by atoms with van der Waals surface area (Å²) in [6, 6.07) is 14.0. The molecule has 0 spiro atoms. The third-order valence-corrected chi connectivity index (χ3v) is 5.59. The zero-order valence-corrected chi connectivity index (χ0v) is 16.8. The molecule has 0 radical (unpaired) electrons. The molecule has 1 aliphatic rings. The minimum Gasteiger partial charge on any atom is -0.454 e. The summed E-state index contributed by atoms with van der Waals surface area (Å²) >= 11 is 0.